The maximum atomic E-state index is 13.7. The van der Waals surface area contributed by atoms with E-state index in [0.717, 1.165) is 37.1 Å². The molecule has 2 aliphatic rings. The molecule has 2 N–H and O–H groups in total. The van der Waals surface area contributed by atoms with Gasteiger partial charge in [0.25, 0.3) is 0 Å². The highest BCUT2D eigenvalue weighted by Crippen LogP contribution is 2.47. The van der Waals surface area contributed by atoms with Crippen LogP contribution in [-0.4, -0.2) is 24.8 Å². The maximum Gasteiger partial charge on any atom is 0.206 e. The quantitative estimate of drug-likeness (QED) is 0.424. The number of nitrogens with one attached hydrogen (secondary N) is 1. The van der Waals surface area contributed by atoms with Crippen LogP contribution < -0.4 is 14.8 Å². The smallest absolute Gasteiger partial charge is 0.206 e. The van der Waals surface area contributed by atoms with Gasteiger partial charge in [-0.15, -0.1) is 0 Å². The molecule has 1 saturated heterocycles. The van der Waals surface area contributed by atoms with Crippen LogP contribution in [-0.2, 0) is 12.0 Å². The molecule has 0 atom stereocenters. The Kier molecular flexibility index (Phi) is 7.14. The van der Waals surface area contributed by atoms with Crippen molar-refractivity contribution in [2.75, 3.05) is 19.7 Å². The van der Waals surface area contributed by atoms with E-state index >= 15 is 0 Å². The van der Waals surface area contributed by atoms with Gasteiger partial charge in [-0.1, -0.05) is 36.4 Å². The molecular weight excluding hydrogens is 499 g/mol. The van der Waals surface area contributed by atoms with Crippen LogP contribution in [0.4, 0.5) is 13.2 Å². The van der Waals surface area contributed by atoms with Gasteiger partial charge in [-0.05, 0) is 65.6 Å². The first-order chi connectivity index (χ1) is 15.9. The van der Waals surface area contributed by atoms with E-state index in [-0.39, 0.29) is 33.7 Å². The standard InChI is InChI=1S/C13H9BrF2O.C12H14FNO2/c14-10-6-7-11(13(16)12(10)15)17-8-9-4-2-1-3-5-9;13-10-9(15)2-1-8-11(10)16-7-12(8)3-5-14-6-4-12/h1-7H,8H2;1-2,14-15H,3-7H2. The summed E-state index contributed by atoms with van der Waals surface area (Å²) in [7, 11) is 0. The Morgan fingerprint density at radius 2 is 1.67 bits per heavy atom. The van der Waals surface area contributed by atoms with E-state index < -0.39 is 17.5 Å². The number of fused-ring (bicyclic) bond motifs is 2. The molecule has 1 fully saturated rings. The van der Waals surface area contributed by atoms with Crippen molar-refractivity contribution in [1.82, 2.24) is 5.32 Å². The first-order valence-corrected chi connectivity index (χ1v) is 11.4. The van der Waals surface area contributed by atoms with E-state index in [2.05, 4.69) is 21.2 Å². The minimum atomic E-state index is -0.977. The Balaban J connectivity index is 0.000000157. The summed E-state index contributed by atoms with van der Waals surface area (Å²) in [5.41, 5.74) is 1.77. The second-order valence-corrected chi connectivity index (χ2v) is 8.90. The van der Waals surface area contributed by atoms with Gasteiger partial charge in [0.1, 0.15) is 6.61 Å². The highest BCUT2D eigenvalue weighted by atomic mass is 79.9. The Hall–Kier alpha value is -2.71. The molecule has 0 aromatic heterocycles. The number of hydrogen-bond acceptors (Lipinski definition) is 4. The number of phenols is 1. The van der Waals surface area contributed by atoms with E-state index in [9.17, 15) is 18.3 Å². The average Bonchev–Trinajstić information content (AvgIpc) is 3.19. The molecular formula is C25H23BrF3NO3. The summed E-state index contributed by atoms with van der Waals surface area (Å²) in [5, 5.41) is 12.6. The fraction of sp³-hybridized carbons (Fsp3) is 0.280. The fourth-order valence-electron chi connectivity index (χ4n) is 4.07. The predicted octanol–water partition coefficient (Wildman–Crippen LogP) is 5.85. The lowest BCUT2D eigenvalue weighted by molar-refractivity contribution is 0.216. The number of aromatic hydroxyl groups is 1. The first kappa shape index (κ1) is 23.4. The zero-order valence-electron chi connectivity index (χ0n) is 17.7. The number of rotatable bonds is 3. The van der Waals surface area contributed by atoms with E-state index in [1.165, 1.54) is 18.2 Å². The van der Waals surface area contributed by atoms with Crippen molar-refractivity contribution >= 4 is 15.9 Å². The average molecular weight is 522 g/mol. The number of halogens is 4. The molecule has 8 heteroatoms. The third-order valence-corrected chi connectivity index (χ3v) is 6.55. The lowest BCUT2D eigenvalue weighted by Crippen LogP contribution is -2.40. The first-order valence-electron chi connectivity index (χ1n) is 10.6. The van der Waals surface area contributed by atoms with Gasteiger partial charge in [0.2, 0.25) is 11.6 Å². The van der Waals surface area contributed by atoms with Crippen molar-refractivity contribution in [3.8, 4) is 17.2 Å². The zero-order valence-corrected chi connectivity index (χ0v) is 19.3. The van der Waals surface area contributed by atoms with Crippen LogP contribution in [0.5, 0.6) is 17.2 Å². The Labute approximate surface area is 198 Å². The number of ether oxygens (including phenoxy) is 2. The minimum absolute atomic E-state index is 0.0465. The topological polar surface area (TPSA) is 50.7 Å². The van der Waals surface area contributed by atoms with Crippen molar-refractivity contribution < 1.29 is 27.8 Å². The van der Waals surface area contributed by atoms with Gasteiger partial charge in [0, 0.05) is 11.0 Å². The third-order valence-electron chi connectivity index (χ3n) is 5.94. The summed E-state index contributed by atoms with van der Waals surface area (Å²) < 4.78 is 51.0. The third kappa shape index (κ3) is 4.96. The zero-order chi connectivity index (χ0) is 23.4. The van der Waals surface area contributed by atoms with Crippen molar-refractivity contribution in [1.29, 1.82) is 0 Å². The SMILES string of the molecule is Fc1c(Br)ccc(OCc2ccccc2)c1F.Oc1ccc2c(c1F)OCC21CCNCC1. The molecule has 3 aromatic carbocycles. The van der Waals surface area contributed by atoms with Gasteiger partial charge in [-0.25, -0.2) is 4.39 Å². The molecule has 2 aliphatic heterocycles. The number of piperidine rings is 1. The van der Waals surface area contributed by atoms with Crippen LogP contribution in [0.3, 0.4) is 0 Å². The Morgan fingerprint density at radius 1 is 0.939 bits per heavy atom. The Bertz CT molecular complexity index is 1120. The normalized spacial score (nSPS) is 15.9. The van der Waals surface area contributed by atoms with Crippen LogP contribution in [0.2, 0.25) is 0 Å². The van der Waals surface area contributed by atoms with Crippen molar-refractivity contribution in [3.63, 3.8) is 0 Å². The monoisotopic (exact) mass is 521 g/mol. The summed E-state index contributed by atoms with van der Waals surface area (Å²) >= 11 is 2.91. The maximum absolute atomic E-state index is 13.7. The predicted molar refractivity (Wildman–Crippen MR) is 122 cm³/mol. The Morgan fingerprint density at radius 3 is 2.39 bits per heavy atom. The summed E-state index contributed by atoms with van der Waals surface area (Å²) in [6.45, 7) is 2.61. The fourth-order valence-corrected chi connectivity index (χ4v) is 4.37. The van der Waals surface area contributed by atoms with Crippen molar-refractivity contribution in [3.05, 3.63) is 87.6 Å². The molecule has 2 heterocycles. The highest BCUT2D eigenvalue weighted by molar-refractivity contribution is 9.10. The largest absolute Gasteiger partial charge is 0.505 e. The van der Waals surface area contributed by atoms with Crippen LogP contribution >= 0.6 is 15.9 Å². The van der Waals surface area contributed by atoms with Crippen molar-refractivity contribution in [2.45, 2.75) is 24.9 Å². The molecule has 0 saturated carbocycles. The lowest BCUT2D eigenvalue weighted by Gasteiger charge is -2.32. The van der Waals surface area contributed by atoms with E-state index in [1.54, 1.807) is 6.07 Å². The molecule has 33 heavy (non-hydrogen) atoms. The number of benzene rings is 3. The van der Waals surface area contributed by atoms with Crippen LogP contribution in [0.1, 0.15) is 24.0 Å². The minimum Gasteiger partial charge on any atom is -0.505 e. The molecule has 0 unspecified atom stereocenters. The summed E-state index contributed by atoms with van der Waals surface area (Å²) in [4.78, 5) is 0. The number of phenolic OH excluding ortho intramolecular Hbond substituents is 1. The van der Waals surface area contributed by atoms with Crippen LogP contribution in [0.25, 0.3) is 0 Å². The molecule has 0 bridgehead atoms. The summed E-state index contributed by atoms with van der Waals surface area (Å²) in [5.74, 6) is -2.69. The van der Waals surface area contributed by atoms with Gasteiger partial charge >= 0.3 is 0 Å². The van der Waals surface area contributed by atoms with Gasteiger partial charge < -0.3 is 19.9 Å². The van der Waals surface area contributed by atoms with Crippen LogP contribution in [0, 0.1) is 17.5 Å². The molecule has 1 spiro atoms. The van der Waals surface area contributed by atoms with Crippen LogP contribution in [0.15, 0.2) is 59.1 Å². The molecule has 0 aliphatic carbocycles. The van der Waals surface area contributed by atoms with E-state index in [4.69, 9.17) is 9.47 Å². The van der Waals surface area contributed by atoms with Crippen molar-refractivity contribution in [2.24, 2.45) is 0 Å². The molecule has 4 nitrogen and oxygen atoms in total. The second kappa shape index (κ2) is 10.1. The van der Waals surface area contributed by atoms with Gasteiger partial charge in [0.15, 0.2) is 23.1 Å². The van der Waals surface area contributed by atoms with Gasteiger partial charge in [-0.2, -0.15) is 8.78 Å². The van der Waals surface area contributed by atoms with E-state index in [1.807, 2.05) is 30.3 Å². The molecule has 5 rings (SSSR count). The molecule has 0 radical (unpaired) electrons. The summed E-state index contributed by atoms with van der Waals surface area (Å²) in [6, 6.07) is 15.3. The van der Waals surface area contributed by atoms with Gasteiger partial charge in [0.05, 0.1) is 11.1 Å². The highest BCUT2D eigenvalue weighted by Gasteiger charge is 2.43. The van der Waals surface area contributed by atoms with E-state index in [0.29, 0.717) is 6.61 Å². The lowest BCUT2D eigenvalue weighted by atomic mass is 9.75. The number of hydrogen-bond donors (Lipinski definition) is 2. The van der Waals surface area contributed by atoms with Gasteiger partial charge in [-0.3, -0.25) is 0 Å². The molecule has 3 aromatic rings. The second-order valence-electron chi connectivity index (χ2n) is 8.04. The molecule has 0 amide bonds. The summed E-state index contributed by atoms with van der Waals surface area (Å²) in [6.07, 6.45) is 1.93. The molecule has 174 valence electrons.